The van der Waals surface area contributed by atoms with Gasteiger partial charge in [0, 0.05) is 12.8 Å². The van der Waals surface area contributed by atoms with Crippen molar-refractivity contribution in [3.8, 4) is 0 Å². The first-order chi connectivity index (χ1) is 50.6. The zero-order chi connectivity index (χ0) is 74.6. The van der Waals surface area contributed by atoms with Crippen LogP contribution in [0.1, 0.15) is 335 Å². The van der Waals surface area contributed by atoms with Gasteiger partial charge in [-0.2, -0.15) is 0 Å². The maximum atomic E-state index is 13.0. The lowest BCUT2D eigenvalue weighted by atomic mass is 10.0. The minimum absolute atomic E-state index is 0.139. The molecule has 9 heteroatoms. The van der Waals surface area contributed by atoms with Gasteiger partial charge in [0.2, 0.25) is 0 Å². The third-order valence-corrected chi connectivity index (χ3v) is 17.6. The fraction of sp³-hybridized carbons (Fsp3) is 0.649. The van der Waals surface area contributed by atoms with Crippen LogP contribution in [0.3, 0.4) is 0 Å². The fourth-order valence-electron chi connectivity index (χ4n) is 11.4. The smallest absolute Gasteiger partial charge is 0.306 e. The largest absolute Gasteiger partial charge is 0.545 e. The molecule has 0 aromatic rings. The van der Waals surface area contributed by atoms with Gasteiger partial charge in [0.05, 0.1) is 40.3 Å². The van der Waals surface area contributed by atoms with Crippen LogP contribution >= 0.6 is 0 Å². The van der Waals surface area contributed by atoms with E-state index in [2.05, 4.69) is 196 Å². The molecule has 2 atom stereocenters. The van der Waals surface area contributed by atoms with Crippen molar-refractivity contribution in [2.24, 2.45) is 0 Å². The molecule has 0 saturated heterocycles. The van der Waals surface area contributed by atoms with Crippen molar-refractivity contribution < 1.29 is 42.9 Å². The van der Waals surface area contributed by atoms with Crippen LogP contribution in [0.4, 0.5) is 0 Å². The number of ether oxygens (including phenoxy) is 4. The topological polar surface area (TPSA) is 111 Å². The van der Waals surface area contributed by atoms with Crippen LogP contribution in [-0.4, -0.2) is 82.3 Å². The molecule has 0 spiro atoms. The maximum Gasteiger partial charge on any atom is 0.306 e. The average Bonchev–Trinajstić information content (AvgIpc) is 1.01. The number of aliphatic carboxylic acids is 1. The number of quaternary nitrogens is 1. The molecule has 2 unspecified atom stereocenters. The summed E-state index contributed by atoms with van der Waals surface area (Å²) in [5, 5.41) is 11.9. The zero-order valence-electron chi connectivity index (χ0n) is 66.9. The molecule has 0 aromatic heterocycles. The lowest BCUT2D eigenvalue weighted by Gasteiger charge is -2.26. The van der Waals surface area contributed by atoms with Crippen LogP contribution in [0.25, 0.3) is 0 Å². The van der Waals surface area contributed by atoms with E-state index in [9.17, 15) is 19.5 Å². The fourth-order valence-corrected chi connectivity index (χ4v) is 11.4. The quantitative estimate of drug-likeness (QED) is 0.0195. The van der Waals surface area contributed by atoms with Crippen molar-refractivity contribution in [3.63, 3.8) is 0 Å². The molecule has 0 fully saturated rings. The van der Waals surface area contributed by atoms with Gasteiger partial charge < -0.3 is 33.3 Å². The van der Waals surface area contributed by atoms with Gasteiger partial charge in [-0.15, -0.1) is 0 Å². The van der Waals surface area contributed by atoms with Gasteiger partial charge in [0.1, 0.15) is 13.2 Å². The highest BCUT2D eigenvalue weighted by Gasteiger charge is 2.22. The van der Waals surface area contributed by atoms with E-state index in [0.717, 1.165) is 141 Å². The first kappa shape index (κ1) is 97.4. The highest BCUT2D eigenvalue weighted by molar-refractivity contribution is 5.70. The van der Waals surface area contributed by atoms with Crippen molar-refractivity contribution in [2.75, 3.05) is 47.5 Å². The second kappa shape index (κ2) is 82.1. The number of carboxylic acids is 1. The van der Waals surface area contributed by atoms with Gasteiger partial charge in [0.15, 0.2) is 12.4 Å². The predicted molar refractivity (Wildman–Crippen MR) is 444 cm³/mol. The summed E-state index contributed by atoms with van der Waals surface area (Å²) >= 11 is 0. The number of rotatable bonds is 76. The monoisotopic (exact) mass is 1430 g/mol. The highest BCUT2D eigenvalue weighted by atomic mass is 16.7. The number of carboxylic acid groups (broad SMARTS) is 1. The van der Waals surface area contributed by atoms with E-state index in [1.165, 1.54) is 161 Å². The van der Waals surface area contributed by atoms with Crippen molar-refractivity contribution in [3.05, 3.63) is 182 Å². The average molecular weight is 1430 g/mol. The van der Waals surface area contributed by atoms with Crippen molar-refractivity contribution in [2.45, 2.75) is 347 Å². The van der Waals surface area contributed by atoms with E-state index in [1.807, 2.05) is 21.1 Å². The van der Waals surface area contributed by atoms with Crippen molar-refractivity contribution in [1.29, 1.82) is 0 Å². The van der Waals surface area contributed by atoms with Gasteiger partial charge in [-0.05, 0) is 135 Å². The number of carbonyl (C=O) groups excluding carboxylic acids is 3. The Bertz CT molecular complexity index is 2360. The number of esters is 2. The van der Waals surface area contributed by atoms with Gasteiger partial charge in [0.25, 0.3) is 0 Å². The summed E-state index contributed by atoms with van der Waals surface area (Å²) < 4.78 is 22.9. The summed E-state index contributed by atoms with van der Waals surface area (Å²) in [4.78, 5) is 37.7. The van der Waals surface area contributed by atoms with Crippen LogP contribution in [0, 0.1) is 0 Å². The van der Waals surface area contributed by atoms with Crippen LogP contribution in [-0.2, 0) is 33.3 Å². The molecule has 9 nitrogen and oxygen atoms in total. The Morgan fingerprint density at radius 2 is 0.524 bits per heavy atom. The Morgan fingerprint density at radius 1 is 0.291 bits per heavy atom. The molecule has 0 aromatic carbocycles. The Hall–Kier alpha value is -5.61. The molecule has 0 N–H and O–H groups in total. The standard InChI is InChI=1S/C94H155NO8/c1-6-8-10-12-14-16-18-20-22-24-26-28-30-32-34-36-38-40-42-44-45-46-47-49-51-53-55-57-59-61-63-65-67-69-71-73-75-77-79-81-83-85-92(97)103-90(89-102-94(93(98)99)100-87-86-95(3,4)5)88-101-91(96)84-82-80-78-76-74-72-70-68-66-64-62-60-58-56-54-52-50-48-43-41-39-37-35-33-31-29-27-25-23-21-19-17-15-13-11-9-7-2/h8-11,14-17,20-23,26-29,32,34,38,40,44-45,47,49,53,55,59,61,65,67,90,94H,6-7,12-13,18-19,24-25,30-31,33,35-37,39,41-43,46,48,50-52,54,56-58,60,62-64,66,68-89H2,1-5H3/b10-8-,11-9-,16-14-,17-15-,22-20-,23-21-,28-26-,29-27-,34-32-,40-38-,45-44-,49-47-,55-53-,61-59-,67-65-. The number of likely N-dealkylation sites (N-methyl/N-ethyl adjacent to an activating group) is 1. The normalized spacial score (nSPS) is 13.6. The molecule has 0 aliphatic rings. The minimum Gasteiger partial charge on any atom is -0.545 e. The van der Waals surface area contributed by atoms with E-state index < -0.39 is 24.3 Å². The van der Waals surface area contributed by atoms with Crippen LogP contribution in [0.15, 0.2) is 182 Å². The zero-order valence-corrected chi connectivity index (χ0v) is 66.9. The summed E-state index contributed by atoms with van der Waals surface area (Å²) in [6, 6.07) is 0. The third-order valence-electron chi connectivity index (χ3n) is 17.6. The first-order valence-electron chi connectivity index (χ1n) is 41.9. The Labute approximate surface area is 634 Å². The summed E-state index contributed by atoms with van der Waals surface area (Å²) in [5.74, 6) is -2.30. The molecule has 103 heavy (non-hydrogen) atoms. The number of nitrogens with zero attached hydrogens (tertiary/aromatic N) is 1. The number of unbranched alkanes of at least 4 members (excludes halogenated alkanes) is 31. The highest BCUT2D eigenvalue weighted by Crippen LogP contribution is 2.18. The summed E-state index contributed by atoms with van der Waals surface area (Å²) in [6.07, 6.45) is 122. The summed E-state index contributed by atoms with van der Waals surface area (Å²) in [7, 11) is 5.93. The van der Waals surface area contributed by atoms with E-state index in [0.29, 0.717) is 17.4 Å². The van der Waals surface area contributed by atoms with Crippen molar-refractivity contribution >= 4 is 17.9 Å². The maximum absolute atomic E-state index is 13.0. The second-order valence-electron chi connectivity index (χ2n) is 28.7. The summed E-state index contributed by atoms with van der Waals surface area (Å²) in [6.45, 7) is 4.52. The predicted octanol–water partition coefficient (Wildman–Crippen LogP) is 26.1. The number of hydrogen-bond acceptors (Lipinski definition) is 8. The van der Waals surface area contributed by atoms with Gasteiger partial charge in [-0.25, -0.2) is 0 Å². The molecule has 0 aliphatic carbocycles. The molecule has 0 bridgehead atoms. The molecule has 0 radical (unpaired) electrons. The Morgan fingerprint density at radius 3 is 0.777 bits per heavy atom. The van der Waals surface area contributed by atoms with Crippen LogP contribution in [0.2, 0.25) is 0 Å². The molecule has 0 amide bonds. The molecular weight excluding hydrogens is 1270 g/mol. The third kappa shape index (κ3) is 83.5. The number of hydrogen-bond donors (Lipinski definition) is 0. The lowest BCUT2D eigenvalue weighted by Crippen LogP contribution is -2.44. The molecule has 0 heterocycles. The number of carbonyl (C=O) groups is 3. The Balaban J connectivity index is 4.08. The van der Waals surface area contributed by atoms with Gasteiger partial charge >= 0.3 is 11.9 Å². The lowest BCUT2D eigenvalue weighted by molar-refractivity contribution is -0.870. The molecule has 0 aliphatic heterocycles. The molecular formula is C94H155NO8. The Kier molecular flexibility index (Phi) is 77.6. The first-order valence-corrected chi connectivity index (χ1v) is 41.9. The van der Waals surface area contributed by atoms with Crippen LogP contribution < -0.4 is 5.11 Å². The summed E-state index contributed by atoms with van der Waals surface area (Å²) in [5.41, 5.74) is 0. The molecule has 0 rings (SSSR count). The van der Waals surface area contributed by atoms with E-state index >= 15 is 0 Å². The van der Waals surface area contributed by atoms with E-state index in [-0.39, 0.29) is 38.6 Å². The van der Waals surface area contributed by atoms with Gasteiger partial charge in [-0.1, -0.05) is 369 Å². The van der Waals surface area contributed by atoms with Crippen molar-refractivity contribution in [1.82, 2.24) is 0 Å². The van der Waals surface area contributed by atoms with E-state index in [1.54, 1.807) is 0 Å². The molecule has 0 saturated carbocycles. The minimum atomic E-state index is -1.64. The van der Waals surface area contributed by atoms with E-state index in [4.69, 9.17) is 18.9 Å². The SMILES string of the molecule is CC/C=C\C/C=C\C/C=C\C/C=C\C/C=C\C/C=C\C/C=C\C/C=C\C/C=C\C/C=C\C/C=C\CCCCCCCCCC(=O)OC(COC(=O)CCCCCCCCCCCCCCCCCCCCCCCCCC/C=C\C/C=C\C/C=C\C/C=C\CC)COC(OCC[N+](C)(C)C)C(=O)[O-]. The number of allylic oxidation sites excluding steroid dienone is 30. The second-order valence-corrected chi connectivity index (χ2v) is 28.7. The van der Waals surface area contributed by atoms with Gasteiger partial charge in [-0.3, -0.25) is 9.59 Å². The van der Waals surface area contributed by atoms with Crippen LogP contribution in [0.5, 0.6) is 0 Å². The molecule has 584 valence electrons.